The maximum absolute atomic E-state index is 11.6. The maximum atomic E-state index is 11.6. The summed E-state index contributed by atoms with van der Waals surface area (Å²) >= 11 is 0. The number of rotatable bonds is 6. The van der Waals surface area contributed by atoms with Crippen molar-refractivity contribution in [3.8, 4) is 0 Å². The molecule has 1 aliphatic carbocycles. The number of carbonyl (C=O) groups excluding carboxylic acids is 1. The Bertz CT molecular complexity index is 358. The van der Waals surface area contributed by atoms with Crippen LogP contribution in [0.15, 0.2) is 0 Å². The van der Waals surface area contributed by atoms with Crippen LogP contribution < -0.4 is 10.6 Å². The van der Waals surface area contributed by atoms with Gasteiger partial charge in [-0.05, 0) is 31.6 Å². The van der Waals surface area contributed by atoms with Gasteiger partial charge < -0.3 is 20.8 Å². The van der Waals surface area contributed by atoms with Gasteiger partial charge in [0.2, 0.25) is 0 Å². The predicted octanol–water partition coefficient (Wildman–Crippen LogP) is 0.792. The summed E-state index contributed by atoms with van der Waals surface area (Å²) in [7, 11) is 0. The largest absolute Gasteiger partial charge is 0.481 e. The zero-order chi connectivity index (χ0) is 14.4. The van der Waals surface area contributed by atoms with E-state index in [1.54, 1.807) is 0 Å². The van der Waals surface area contributed by atoms with Crippen LogP contribution in [0.1, 0.15) is 39.0 Å². The van der Waals surface area contributed by atoms with Gasteiger partial charge in [0.25, 0.3) is 0 Å². The van der Waals surface area contributed by atoms with Crippen molar-refractivity contribution in [2.24, 2.45) is 5.92 Å². The third-order valence-corrected chi connectivity index (χ3v) is 3.28. The van der Waals surface area contributed by atoms with Crippen molar-refractivity contribution in [3.63, 3.8) is 0 Å². The first-order valence-corrected chi connectivity index (χ1v) is 6.40. The lowest BCUT2D eigenvalue weighted by Gasteiger charge is -2.17. The fourth-order valence-electron chi connectivity index (χ4n) is 2.25. The molecule has 2 amide bonds. The molecule has 7 heteroatoms. The van der Waals surface area contributed by atoms with Crippen LogP contribution in [0.4, 0.5) is 4.79 Å². The van der Waals surface area contributed by atoms with E-state index in [1.165, 1.54) is 0 Å². The summed E-state index contributed by atoms with van der Waals surface area (Å²) in [4.78, 5) is 32.9. The molecule has 1 rings (SSSR count). The van der Waals surface area contributed by atoms with Gasteiger partial charge in [0.1, 0.15) is 6.04 Å². The van der Waals surface area contributed by atoms with Gasteiger partial charge in [0, 0.05) is 12.5 Å². The molecule has 0 aliphatic heterocycles. The first-order chi connectivity index (χ1) is 8.88. The van der Waals surface area contributed by atoms with Gasteiger partial charge in [0.15, 0.2) is 0 Å². The van der Waals surface area contributed by atoms with Crippen LogP contribution in [0, 0.1) is 5.92 Å². The second-order valence-electron chi connectivity index (χ2n) is 5.06. The van der Waals surface area contributed by atoms with Gasteiger partial charge in [-0.3, -0.25) is 4.79 Å². The van der Waals surface area contributed by atoms with Gasteiger partial charge in [-0.1, -0.05) is 6.92 Å². The minimum atomic E-state index is -1.23. The zero-order valence-corrected chi connectivity index (χ0v) is 10.9. The second-order valence-corrected chi connectivity index (χ2v) is 5.06. The van der Waals surface area contributed by atoms with E-state index in [1.807, 2.05) is 0 Å². The molecular formula is C12H20N2O5. The predicted molar refractivity (Wildman–Crippen MR) is 66.8 cm³/mol. The molecule has 0 aromatic carbocycles. The molecule has 2 unspecified atom stereocenters. The molecule has 0 radical (unpaired) electrons. The fraction of sp³-hybridized carbons (Fsp3) is 0.750. The normalized spacial score (nSPS) is 23.6. The molecule has 19 heavy (non-hydrogen) atoms. The summed E-state index contributed by atoms with van der Waals surface area (Å²) in [6, 6.07) is -1.64. The van der Waals surface area contributed by atoms with Crippen molar-refractivity contribution >= 4 is 18.0 Å². The SMILES string of the molecule is CC1CCC(NC(=O)N[C@@H](CCC(=O)O)C(=O)O)C1. The van der Waals surface area contributed by atoms with Crippen LogP contribution in [-0.2, 0) is 9.59 Å². The highest BCUT2D eigenvalue weighted by atomic mass is 16.4. The highest BCUT2D eigenvalue weighted by Crippen LogP contribution is 2.24. The molecule has 7 nitrogen and oxygen atoms in total. The molecule has 0 aromatic rings. The first-order valence-electron chi connectivity index (χ1n) is 6.40. The Morgan fingerprint density at radius 2 is 1.95 bits per heavy atom. The highest BCUT2D eigenvalue weighted by molar-refractivity contribution is 5.83. The van der Waals surface area contributed by atoms with Crippen LogP contribution in [-0.4, -0.2) is 40.3 Å². The standard InChI is InChI=1S/C12H20N2O5/c1-7-2-3-8(6-7)13-12(19)14-9(11(17)18)4-5-10(15)16/h7-9H,2-6H2,1H3,(H,15,16)(H,17,18)(H2,13,14,19)/t7?,8?,9-/m0/s1. The third kappa shape index (κ3) is 5.58. The van der Waals surface area contributed by atoms with Gasteiger partial charge in [-0.25, -0.2) is 9.59 Å². The van der Waals surface area contributed by atoms with Crippen LogP contribution in [0.2, 0.25) is 0 Å². The molecule has 4 N–H and O–H groups in total. The van der Waals surface area contributed by atoms with Crippen LogP contribution in [0.25, 0.3) is 0 Å². The summed E-state index contributed by atoms with van der Waals surface area (Å²) in [5, 5.41) is 22.4. The summed E-state index contributed by atoms with van der Waals surface area (Å²) < 4.78 is 0. The molecule has 1 aliphatic rings. The molecule has 1 saturated carbocycles. The van der Waals surface area contributed by atoms with E-state index in [2.05, 4.69) is 17.6 Å². The average Bonchev–Trinajstić information content (AvgIpc) is 2.69. The topological polar surface area (TPSA) is 116 Å². The minimum absolute atomic E-state index is 0.0731. The summed E-state index contributed by atoms with van der Waals surface area (Å²) in [5.41, 5.74) is 0. The second kappa shape index (κ2) is 6.96. The lowest BCUT2D eigenvalue weighted by molar-refractivity contribution is -0.140. The number of aliphatic carboxylic acids is 2. The number of urea groups is 1. The van der Waals surface area contributed by atoms with Gasteiger partial charge >= 0.3 is 18.0 Å². The van der Waals surface area contributed by atoms with Crippen LogP contribution in [0.5, 0.6) is 0 Å². The van der Waals surface area contributed by atoms with E-state index in [-0.39, 0.29) is 18.9 Å². The Morgan fingerprint density at radius 3 is 2.42 bits per heavy atom. The number of carboxylic acids is 2. The quantitative estimate of drug-likeness (QED) is 0.570. The monoisotopic (exact) mass is 272 g/mol. The van der Waals surface area contributed by atoms with E-state index >= 15 is 0 Å². The van der Waals surface area contributed by atoms with Crippen molar-refractivity contribution in [3.05, 3.63) is 0 Å². The first kappa shape index (κ1) is 15.3. The van der Waals surface area contributed by atoms with Crippen molar-refractivity contribution < 1.29 is 24.6 Å². The van der Waals surface area contributed by atoms with E-state index in [0.29, 0.717) is 5.92 Å². The molecule has 0 aromatic heterocycles. The molecule has 0 heterocycles. The Kier molecular flexibility index (Phi) is 5.59. The van der Waals surface area contributed by atoms with E-state index in [4.69, 9.17) is 10.2 Å². The number of amides is 2. The third-order valence-electron chi connectivity index (χ3n) is 3.28. The maximum Gasteiger partial charge on any atom is 0.326 e. The molecule has 0 spiro atoms. The zero-order valence-electron chi connectivity index (χ0n) is 10.9. The van der Waals surface area contributed by atoms with Crippen LogP contribution >= 0.6 is 0 Å². The van der Waals surface area contributed by atoms with Gasteiger partial charge in [-0.2, -0.15) is 0 Å². The number of carboxylic acid groups (broad SMARTS) is 2. The molecular weight excluding hydrogens is 252 g/mol. The van der Waals surface area contributed by atoms with Crippen LogP contribution in [0.3, 0.4) is 0 Å². The summed E-state index contributed by atoms with van der Waals surface area (Å²) in [5.74, 6) is -1.75. The van der Waals surface area contributed by atoms with Crippen molar-refractivity contribution in [1.82, 2.24) is 10.6 Å². The van der Waals surface area contributed by atoms with Gasteiger partial charge in [0.05, 0.1) is 0 Å². The Balaban J connectivity index is 2.38. The van der Waals surface area contributed by atoms with E-state index in [9.17, 15) is 14.4 Å². The summed E-state index contributed by atoms with van der Waals surface area (Å²) in [6.45, 7) is 2.10. The van der Waals surface area contributed by atoms with E-state index in [0.717, 1.165) is 19.3 Å². The average molecular weight is 272 g/mol. The minimum Gasteiger partial charge on any atom is -0.481 e. The molecule has 108 valence electrons. The Labute approximate surface area is 111 Å². The molecule has 3 atom stereocenters. The lowest BCUT2D eigenvalue weighted by Crippen LogP contribution is -2.48. The van der Waals surface area contributed by atoms with Crippen molar-refractivity contribution in [2.75, 3.05) is 0 Å². The van der Waals surface area contributed by atoms with Crippen molar-refractivity contribution in [2.45, 2.75) is 51.1 Å². The molecule has 0 bridgehead atoms. The Morgan fingerprint density at radius 1 is 1.26 bits per heavy atom. The fourth-order valence-corrected chi connectivity index (χ4v) is 2.25. The molecule has 0 saturated heterocycles. The summed E-state index contributed by atoms with van der Waals surface area (Å²) in [6.07, 6.45) is 2.41. The Hall–Kier alpha value is -1.79. The number of hydrogen-bond donors (Lipinski definition) is 4. The lowest BCUT2D eigenvalue weighted by atomic mass is 10.1. The number of carbonyl (C=O) groups is 3. The highest BCUT2D eigenvalue weighted by Gasteiger charge is 2.25. The van der Waals surface area contributed by atoms with Crippen molar-refractivity contribution in [1.29, 1.82) is 0 Å². The molecule has 1 fully saturated rings. The number of hydrogen-bond acceptors (Lipinski definition) is 3. The van der Waals surface area contributed by atoms with E-state index < -0.39 is 24.0 Å². The smallest absolute Gasteiger partial charge is 0.326 e. The number of nitrogens with one attached hydrogen (secondary N) is 2. The van der Waals surface area contributed by atoms with Gasteiger partial charge in [-0.15, -0.1) is 0 Å².